The summed E-state index contributed by atoms with van der Waals surface area (Å²) < 4.78 is 5.16. The largest absolute Gasteiger partial charge is 0.353 e. The first-order chi connectivity index (χ1) is 6.95. The van der Waals surface area contributed by atoms with Crippen LogP contribution >= 0.6 is 0 Å². The molecule has 3 rings (SSSR count). The van der Waals surface area contributed by atoms with Crippen LogP contribution in [-0.2, 0) is 6.42 Å². The van der Waals surface area contributed by atoms with Gasteiger partial charge in [0.05, 0.1) is 5.69 Å². The fraction of sp³-hybridized carbons (Fsp3) is 0.200. The summed E-state index contributed by atoms with van der Waals surface area (Å²) in [6, 6.07) is 5.78. The molecule has 70 valence electrons. The average Bonchev–Trinajstić information content (AvgIpc) is 2.79. The Morgan fingerprint density at radius 1 is 1.36 bits per heavy atom. The quantitative estimate of drug-likeness (QED) is 0.738. The Bertz CT molecular complexity index is 450. The molecule has 1 aliphatic rings. The Hall–Kier alpha value is -1.84. The number of anilines is 1. The summed E-state index contributed by atoms with van der Waals surface area (Å²) in [7, 11) is 0. The van der Waals surface area contributed by atoms with E-state index in [4.69, 9.17) is 4.52 Å². The normalized spacial score (nSPS) is 13.7. The lowest BCUT2D eigenvalue weighted by Crippen LogP contribution is -1.93. The zero-order chi connectivity index (χ0) is 9.38. The van der Waals surface area contributed by atoms with Crippen molar-refractivity contribution in [3.63, 3.8) is 0 Å². The number of nitrogens with one attached hydrogen (secondary N) is 1. The Morgan fingerprint density at radius 2 is 2.36 bits per heavy atom. The summed E-state index contributed by atoms with van der Waals surface area (Å²) in [5.74, 6) is 0.797. The number of pyridine rings is 1. The van der Waals surface area contributed by atoms with Gasteiger partial charge in [-0.15, -0.1) is 0 Å². The fourth-order valence-corrected chi connectivity index (χ4v) is 1.69. The zero-order valence-electron chi connectivity index (χ0n) is 7.53. The van der Waals surface area contributed by atoms with Crippen LogP contribution in [0.5, 0.6) is 0 Å². The van der Waals surface area contributed by atoms with E-state index in [2.05, 4.69) is 15.5 Å². The second-order valence-electron chi connectivity index (χ2n) is 3.23. The number of fused-ring (bicyclic) bond motifs is 1. The number of rotatable bonds is 1. The molecular formula is C10H9N3O. The Labute approximate surface area is 80.9 Å². The van der Waals surface area contributed by atoms with E-state index in [1.54, 1.807) is 6.20 Å². The van der Waals surface area contributed by atoms with Crippen LogP contribution in [-0.4, -0.2) is 16.7 Å². The van der Waals surface area contributed by atoms with Gasteiger partial charge in [-0.25, -0.2) is 0 Å². The van der Waals surface area contributed by atoms with E-state index in [0.717, 1.165) is 35.8 Å². The van der Waals surface area contributed by atoms with Crippen molar-refractivity contribution in [3.05, 3.63) is 30.0 Å². The van der Waals surface area contributed by atoms with Gasteiger partial charge in [0.25, 0.3) is 0 Å². The van der Waals surface area contributed by atoms with Gasteiger partial charge in [0, 0.05) is 18.3 Å². The van der Waals surface area contributed by atoms with Gasteiger partial charge in [0.1, 0.15) is 5.69 Å². The fourth-order valence-electron chi connectivity index (χ4n) is 1.69. The highest BCUT2D eigenvalue weighted by molar-refractivity contribution is 5.66. The lowest BCUT2D eigenvalue weighted by molar-refractivity contribution is 0.436. The van der Waals surface area contributed by atoms with E-state index >= 15 is 0 Å². The smallest absolute Gasteiger partial charge is 0.228 e. The maximum absolute atomic E-state index is 5.16. The molecule has 0 saturated heterocycles. The van der Waals surface area contributed by atoms with Crippen LogP contribution in [0.3, 0.4) is 0 Å². The minimum Gasteiger partial charge on any atom is -0.353 e. The lowest BCUT2D eigenvalue weighted by Gasteiger charge is -1.94. The van der Waals surface area contributed by atoms with Crippen molar-refractivity contribution in [3.8, 4) is 11.4 Å². The summed E-state index contributed by atoms with van der Waals surface area (Å²) in [6.07, 6.45) is 2.73. The van der Waals surface area contributed by atoms with Crippen molar-refractivity contribution >= 4 is 5.88 Å². The molecule has 2 aromatic heterocycles. The van der Waals surface area contributed by atoms with Crippen molar-refractivity contribution in [2.45, 2.75) is 6.42 Å². The molecule has 2 aromatic rings. The second kappa shape index (κ2) is 2.83. The predicted molar refractivity (Wildman–Crippen MR) is 51.9 cm³/mol. The summed E-state index contributed by atoms with van der Waals surface area (Å²) in [6.45, 7) is 0.927. The van der Waals surface area contributed by atoms with Crippen molar-refractivity contribution in [1.29, 1.82) is 0 Å². The number of hydrogen-bond donors (Lipinski definition) is 1. The monoisotopic (exact) mass is 187 g/mol. The van der Waals surface area contributed by atoms with Crippen LogP contribution in [0.15, 0.2) is 28.9 Å². The van der Waals surface area contributed by atoms with Crippen molar-refractivity contribution in [2.24, 2.45) is 0 Å². The van der Waals surface area contributed by atoms with E-state index < -0.39 is 0 Å². The van der Waals surface area contributed by atoms with Gasteiger partial charge in [-0.1, -0.05) is 11.2 Å². The molecule has 0 aromatic carbocycles. The zero-order valence-corrected chi connectivity index (χ0v) is 7.53. The molecular weight excluding hydrogens is 178 g/mol. The highest BCUT2D eigenvalue weighted by atomic mass is 16.5. The van der Waals surface area contributed by atoms with E-state index in [1.165, 1.54) is 0 Å². The van der Waals surface area contributed by atoms with Crippen molar-refractivity contribution in [1.82, 2.24) is 10.1 Å². The van der Waals surface area contributed by atoms with E-state index in [9.17, 15) is 0 Å². The van der Waals surface area contributed by atoms with Crippen LogP contribution in [0, 0.1) is 0 Å². The lowest BCUT2D eigenvalue weighted by atomic mass is 10.1. The molecule has 0 fully saturated rings. The van der Waals surface area contributed by atoms with E-state index in [1.807, 2.05) is 18.2 Å². The van der Waals surface area contributed by atoms with E-state index in [0.29, 0.717) is 0 Å². The molecule has 0 unspecified atom stereocenters. The molecule has 1 aliphatic heterocycles. The maximum atomic E-state index is 5.16. The standard InChI is InChI=1S/C10H9N3O/c1-2-5-11-8(3-1)9-7-4-6-12-10(7)14-13-9/h1-3,5,12H,4,6H2. The summed E-state index contributed by atoms with van der Waals surface area (Å²) >= 11 is 0. The van der Waals surface area contributed by atoms with Crippen LogP contribution < -0.4 is 5.32 Å². The van der Waals surface area contributed by atoms with Crippen LogP contribution in [0.25, 0.3) is 11.4 Å². The molecule has 1 N–H and O–H groups in total. The SMILES string of the molecule is c1ccc(-c2noc3c2CCN3)nc1. The molecule has 0 aliphatic carbocycles. The number of nitrogens with zero attached hydrogens (tertiary/aromatic N) is 2. The first kappa shape index (κ1) is 7.55. The Morgan fingerprint density at radius 3 is 3.21 bits per heavy atom. The summed E-state index contributed by atoms with van der Waals surface area (Å²) in [5.41, 5.74) is 2.88. The highest BCUT2D eigenvalue weighted by Gasteiger charge is 2.21. The second-order valence-corrected chi connectivity index (χ2v) is 3.23. The molecule has 14 heavy (non-hydrogen) atoms. The number of aromatic nitrogens is 2. The molecule has 3 heterocycles. The topological polar surface area (TPSA) is 51.0 Å². The minimum absolute atomic E-state index is 0.797. The van der Waals surface area contributed by atoms with Crippen molar-refractivity contribution in [2.75, 3.05) is 11.9 Å². The van der Waals surface area contributed by atoms with E-state index in [-0.39, 0.29) is 0 Å². The average molecular weight is 187 g/mol. The van der Waals surface area contributed by atoms with Crippen LogP contribution in [0.1, 0.15) is 5.56 Å². The summed E-state index contributed by atoms with van der Waals surface area (Å²) in [5, 5.41) is 7.14. The van der Waals surface area contributed by atoms with Gasteiger partial charge >= 0.3 is 0 Å². The predicted octanol–water partition coefficient (Wildman–Crippen LogP) is 1.70. The maximum Gasteiger partial charge on any atom is 0.228 e. The molecule has 4 nitrogen and oxygen atoms in total. The van der Waals surface area contributed by atoms with Gasteiger partial charge < -0.3 is 9.84 Å². The molecule has 0 spiro atoms. The van der Waals surface area contributed by atoms with Gasteiger partial charge in [0.15, 0.2) is 0 Å². The molecule has 0 saturated carbocycles. The van der Waals surface area contributed by atoms with Crippen LogP contribution in [0.2, 0.25) is 0 Å². The third-order valence-corrected chi connectivity index (χ3v) is 2.36. The van der Waals surface area contributed by atoms with Gasteiger partial charge in [0.2, 0.25) is 5.88 Å². The number of hydrogen-bond acceptors (Lipinski definition) is 4. The first-order valence-electron chi connectivity index (χ1n) is 4.59. The first-order valence-corrected chi connectivity index (χ1v) is 4.59. The molecule has 0 radical (unpaired) electrons. The minimum atomic E-state index is 0.797. The van der Waals surface area contributed by atoms with Gasteiger partial charge in [-0.3, -0.25) is 4.98 Å². The van der Waals surface area contributed by atoms with Crippen LogP contribution in [0.4, 0.5) is 5.88 Å². The highest BCUT2D eigenvalue weighted by Crippen LogP contribution is 2.30. The third-order valence-electron chi connectivity index (χ3n) is 2.36. The van der Waals surface area contributed by atoms with Gasteiger partial charge in [-0.2, -0.15) is 0 Å². The molecule has 0 atom stereocenters. The molecule has 4 heteroatoms. The molecule has 0 bridgehead atoms. The molecule has 0 amide bonds. The van der Waals surface area contributed by atoms with Crippen molar-refractivity contribution < 1.29 is 4.52 Å². The van der Waals surface area contributed by atoms with Gasteiger partial charge in [-0.05, 0) is 18.6 Å². The summed E-state index contributed by atoms with van der Waals surface area (Å²) in [4.78, 5) is 4.25. The third kappa shape index (κ3) is 1.00. The Balaban J connectivity index is 2.13. The Kier molecular flexibility index (Phi) is 1.53.